The van der Waals surface area contributed by atoms with E-state index in [1.807, 2.05) is 0 Å². The summed E-state index contributed by atoms with van der Waals surface area (Å²) in [5.41, 5.74) is 0.652. The van der Waals surface area contributed by atoms with Gasteiger partial charge in [0.05, 0.1) is 12.2 Å². The number of carbonyl (C=O) groups is 1. The summed E-state index contributed by atoms with van der Waals surface area (Å²) in [7, 11) is 0. The predicted molar refractivity (Wildman–Crippen MR) is 74.5 cm³/mol. The minimum Gasteiger partial charge on any atom is -0.434 e. The number of benzene rings is 2. The maximum absolute atomic E-state index is 12.5. The fourth-order valence-corrected chi connectivity index (χ4v) is 1.81. The minimum atomic E-state index is -4.35. The first-order valence-electron chi connectivity index (χ1n) is 6.52. The van der Waals surface area contributed by atoms with Crippen LogP contribution in [0.25, 0.3) is 11.1 Å². The number of hydrogen-bond acceptors (Lipinski definition) is 3. The summed E-state index contributed by atoms with van der Waals surface area (Å²) in [5.74, 6) is 0.300. The van der Waals surface area contributed by atoms with Crippen molar-refractivity contribution >= 4 is 6.16 Å². The molecule has 2 aromatic rings. The molecule has 0 fully saturated rings. The highest BCUT2D eigenvalue weighted by Gasteiger charge is 2.29. The quantitative estimate of drug-likeness (QED) is 0.597. The summed E-state index contributed by atoms with van der Waals surface area (Å²) in [6, 6.07) is 11.2. The summed E-state index contributed by atoms with van der Waals surface area (Å²) in [6.45, 7) is 1.87. The van der Waals surface area contributed by atoms with Gasteiger partial charge in [-0.1, -0.05) is 24.3 Å². The van der Waals surface area contributed by atoms with Gasteiger partial charge in [0.15, 0.2) is 0 Å². The van der Waals surface area contributed by atoms with Crippen LogP contribution in [-0.2, 0) is 10.9 Å². The molecule has 0 N–H and O–H groups in total. The van der Waals surface area contributed by atoms with Crippen molar-refractivity contribution in [2.24, 2.45) is 0 Å². The Hall–Kier alpha value is -2.50. The Morgan fingerprint density at radius 3 is 1.91 bits per heavy atom. The molecule has 6 heteroatoms. The van der Waals surface area contributed by atoms with E-state index in [0.717, 1.165) is 12.1 Å². The molecular weight excluding hydrogens is 297 g/mol. The van der Waals surface area contributed by atoms with Gasteiger partial charge in [-0.05, 0) is 42.3 Å². The van der Waals surface area contributed by atoms with Crippen LogP contribution >= 0.6 is 0 Å². The fourth-order valence-electron chi connectivity index (χ4n) is 1.81. The highest BCUT2D eigenvalue weighted by atomic mass is 19.4. The molecule has 0 saturated carbocycles. The van der Waals surface area contributed by atoms with Crippen molar-refractivity contribution in [2.45, 2.75) is 13.1 Å². The van der Waals surface area contributed by atoms with Crippen molar-refractivity contribution in [1.82, 2.24) is 0 Å². The number of carbonyl (C=O) groups excluding carboxylic acids is 1. The molecule has 0 aromatic heterocycles. The van der Waals surface area contributed by atoms with Crippen LogP contribution in [0.15, 0.2) is 48.5 Å². The Morgan fingerprint density at radius 2 is 1.45 bits per heavy atom. The zero-order chi connectivity index (χ0) is 16.2. The van der Waals surface area contributed by atoms with Crippen molar-refractivity contribution in [1.29, 1.82) is 0 Å². The van der Waals surface area contributed by atoms with Gasteiger partial charge >= 0.3 is 12.3 Å². The van der Waals surface area contributed by atoms with Crippen molar-refractivity contribution in [2.75, 3.05) is 6.61 Å². The average Bonchev–Trinajstić information content (AvgIpc) is 2.47. The third-order valence-electron chi connectivity index (χ3n) is 2.86. The van der Waals surface area contributed by atoms with E-state index < -0.39 is 17.9 Å². The van der Waals surface area contributed by atoms with Crippen molar-refractivity contribution in [3.63, 3.8) is 0 Å². The predicted octanol–water partition coefficient (Wildman–Crippen LogP) is 4.91. The lowest BCUT2D eigenvalue weighted by atomic mass is 10.0. The second-order valence-electron chi connectivity index (χ2n) is 4.38. The summed E-state index contributed by atoms with van der Waals surface area (Å²) in [5, 5.41) is 0. The largest absolute Gasteiger partial charge is 0.513 e. The maximum Gasteiger partial charge on any atom is 0.513 e. The first-order chi connectivity index (χ1) is 10.4. The highest BCUT2D eigenvalue weighted by molar-refractivity contribution is 5.67. The van der Waals surface area contributed by atoms with E-state index in [2.05, 4.69) is 4.74 Å². The van der Waals surface area contributed by atoms with Crippen LogP contribution in [-0.4, -0.2) is 12.8 Å². The zero-order valence-corrected chi connectivity index (χ0v) is 11.7. The average molecular weight is 310 g/mol. The molecule has 0 unspecified atom stereocenters. The second-order valence-corrected chi connectivity index (χ2v) is 4.38. The molecule has 0 atom stereocenters. The second kappa shape index (κ2) is 6.51. The van der Waals surface area contributed by atoms with Crippen molar-refractivity contribution in [3.05, 3.63) is 54.1 Å². The Labute approximate surface area is 125 Å². The van der Waals surface area contributed by atoms with Crippen LogP contribution in [0.1, 0.15) is 12.5 Å². The van der Waals surface area contributed by atoms with Crippen molar-refractivity contribution in [3.8, 4) is 16.9 Å². The smallest absolute Gasteiger partial charge is 0.434 e. The van der Waals surface area contributed by atoms with Gasteiger partial charge in [-0.25, -0.2) is 4.79 Å². The summed E-state index contributed by atoms with van der Waals surface area (Å²) < 4.78 is 47.0. The Morgan fingerprint density at radius 1 is 0.955 bits per heavy atom. The van der Waals surface area contributed by atoms with Gasteiger partial charge in [-0.15, -0.1) is 0 Å². The van der Waals surface area contributed by atoms with Gasteiger partial charge in [0.25, 0.3) is 0 Å². The Bertz CT molecular complexity index is 631. The van der Waals surface area contributed by atoms with E-state index in [1.54, 1.807) is 31.2 Å². The third-order valence-corrected chi connectivity index (χ3v) is 2.86. The van der Waals surface area contributed by atoms with E-state index in [9.17, 15) is 18.0 Å². The van der Waals surface area contributed by atoms with Crippen LogP contribution in [0.4, 0.5) is 18.0 Å². The molecule has 0 spiro atoms. The van der Waals surface area contributed by atoms with E-state index in [4.69, 9.17) is 4.74 Å². The monoisotopic (exact) mass is 310 g/mol. The first kappa shape index (κ1) is 15.9. The van der Waals surface area contributed by atoms with Gasteiger partial charge in [-0.2, -0.15) is 13.2 Å². The molecule has 0 radical (unpaired) electrons. The molecule has 116 valence electrons. The number of hydrogen-bond donors (Lipinski definition) is 0. The van der Waals surface area contributed by atoms with E-state index in [-0.39, 0.29) is 6.61 Å². The van der Waals surface area contributed by atoms with Gasteiger partial charge in [0, 0.05) is 0 Å². The van der Waals surface area contributed by atoms with Crippen LogP contribution in [0.5, 0.6) is 5.75 Å². The summed E-state index contributed by atoms with van der Waals surface area (Å²) in [6.07, 6.45) is -5.15. The Balaban J connectivity index is 2.12. The van der Waals surface area contributed by atoms with Crippen molar-refractivity contribution < 1.29 is 27.4 Å². The normalized spacial score (nSPS) is 11.1. The summed E-state index contributed by atoms with van der Waals surface area (Å²) in [4.78, 5) is 11.1. The van der Waals surface area contributed by atoms with E-state index >= 15 is 0 Å². The minimum absolute atomic E-state index is 0.211. The highest BCUT2D eigenvalue weighted by Crippen LogP contribution is 2.31. The zero-order valence-electron chi connectivity index (χ0n) is 11.7. The fraction of sp³-hybridized carbons (Fsp3) is 0.188. The van der Waals surface area contributed by atoms with Gasteiger partial charge in [0.1, 0.15) is 5.75 Å². The third kappa shape index (κ3) is 4.00. The molecule has 0 saturated heterocycles. The molecule has 0 amide bonds. The van der Waals surface area contributed by atoms with Crippen LogP contribution in [0.2, 0.25) is 0 Å². The molecule has 0 bridgehead atoms. The lowest BCUT2D eigenvalue weighted by molar-refractivity contribution is -0.137. The lowest BCUT2D eigenvalue weighted by Crippen LogP contribution is -2.09. The standard InChI is InChI=1S/C16H13F3O3/c1-2-21-15(20)22-14-9-5-12(6-10-14)11-3-7-13(8-4-11)16(17,18)19/h3-10H,2H2,1H3. The topological polar surface area (TPSA) is 35.5 Å². The lowest BCUT2D eigenvalue weighted by Gasteiger charge is -2.08. The van der Waals surface area contributed by atoms with Gasteiger partial charge < -0.3 is 9.47 Å². The van der Waals surface area contributed by atoms with Gasteiger partial charge in [-0.3, -0.25) is 0 Å². The number of rotatable bonds is 3. The summed E-state index contributed by atoms with van der Waals surface area (Å²) >= 11 is 0. The molecule has 0 aliphatic heterocycles. The molecule has 0 heterocycles. The van der Waals surface area contributed by atoms with E-state index in [1.165, 1.54) is 12.1 Å². The number of halogens is 3. The molecule has 0 aliphatic carbocycles. The molecule has 2 rings (SSSR count). The van der Waals surface area contributed by atoms with Gasteiger partial charge in [0.2, 0.25) is 0 Å². The molecular formula is C16H13F3O3. The molecule has 0 aliphatic rings. The van der Waals surface area contributed by atoms with Crippen LogP contribution < -0.4 is 4.74 Å². The molecule has 22 heavy (non-hydrogen) atoms. The van der Waals surface area contributed by atoms with Crippen LogP contribution in [0.3, 0.4) is 0 Å². The number of alkyl halides is 3. The van der Waals surface area contributed by atoms with Crippen LogP contribution in [0, 0.1) is 0 Å². The number of ether oxygens (including phenoxy) is 2. The SMILES string of the molecule is CCOC(=O)Oc1ccc(-c2ccc(C(F)(F)F)cc2)cc1. The molecule has 2 aromatic carbocycles. The molecule has 3 nitrogen and oxygen atoms in total. The van der Waals surface area contributed by atoms with E-state index in [0.29, 0.717) is 16.9 Å². The maximum atomic E-state index is 12.5. The Kier molecular flexibility index (Phi) is 4.70. The first-order valence-corrected chi connectivity index (χ1v) is 6.52.